The second-order valence-electron chi connectivity index (χ2n) is 7.43. The molecule has 6 heteroatoms. The minimum atomic E-state index is -0.345. The Morgan fingerprint density at radius 3 is 2.33 bits per heavy atom. The van der Waals surface area contributed by atoms with Crippen LogP contribution in [0, 0.1) is 0 Å². The maximum absolute atomic E-state index is 11.9. The van der Waals surface area contributed by atoms with Gasteiger partial charge in [-0.05, 0) is 27.7 Å². The van der Waals surface area contributed by atoms with E-state index in [2.05, 4.69) is 36.5 Å². The van der Waals surface area contributed by atoms with Crippen molar-refractivity contribution in [3.05, 3.63) is 11.8 Å². The van der Waals surface area contributed by atoms with Crippen molar-refractivity contribution in [2.24, 2.45) is 0 Å². The summed E-state index contributed by atoms with van der Waals surface area (Å²) >= 11 is 0. The predicted octanol–water partition coefficient (Wildman–Crippen LogP) is 2.44. The van der Waals surface area contributed by atoms with Gasteiger partial charge in [0.2, 0.25) is 0 Å². The van der Waals surface area contributed by atoms with E-state index in [1.54, 1.807) is 6.92 Å². The van der Waals surface area contributed by atoms with Gasteiger partial charge in [0, 0.05) is 11.5 Å². The molecule has 120 valence electrons. The maximum atomic E-state index is 11.9. The van der Waals surface area contributed by atoms with Gasteiger partial charge in [-0.1, -0.05) is 20.8 Å². The van der Waals surface area contributed by atoms with E-state index in [1.165, 1.54) is 0 Å². The standard InChI is InChI=1S/C15H28N4O2/c1-10(9-20)16-13(21)17-12-8-11(14(2,3)4)18-19(12)15(5,6)7/h8,10,20H,9H2,1-7H3,(H2,16,17,21)/t10-/m0/s1. The van der Waals surface area contributed by atoms with E-state index < -0.39 is 0 Å². The van der Waals surface area contributed by atoms with Crippen LogP contribution < -0.4 is 10.6 Å². The first-order valence-electron chi connectivity index (χ1n) is 7.24. The third-order valence-corrected chi connectivity index (χ3v) is 3.01. The summed E-state index contributed by atoms with van der Waals surface area (Å²) in [4.78, 5) is 11.9. The molecule has 0 aliphatic rings. The fourth-order valence-electron chi connectivity index (χ4n) is 1.77. The molecule has 1 atom stereocenters. The van der Waals surface area contributed by atoms with Gasteiger partial charge in [0.1, 0.15) is 5.82 Å². The average molecular weight is 296 g/mol. The molecule has 0 saturated heterocycles. The predicted molar refractivity (Wildman–Crippen MR) is 84.6 cm³/mol. The minimum absolute atomic E-state index is 0.0954. The number of rotatable bonds is 3. The summed E-state index contributed by atoms with van der Waals surface area (Å²) in [6.45, 7) is 14.0. The van der Waals surface area contributed by atoms with Crippen molar-refractivity contribution in [3.8, 4) is 0 Å². The summed E-state index contributed by atoms with van der Waals surface area (Å²) in [6.07, 6.45) is 0. The molecule has 1 heterocycles. The Morgan fingerprint density at radius 1 is 1.33 bits per heavy atom. The molecule has 1 aromatic rings. The van der Waals surface area contributed by atoms with Crippen molar-refractivity contribution < 1.29 is 9.90 Å². The number of nitrogens with zero attached hydrogens (tertiary/aromatic N) is 2. The molecule has 21 heavy (non-hydrogen) atoms. The average Bonchev–Trinajstić information content (AvgIpc) is 2.71. The second kappa shape index (κ2) is 6.05. The highest BCUT2D eigenvalue weighted by Crippen LogP contribution is 2.28. The first kappa shape index (κ1) is 17.5. The van der Waals surface area contributed by atoms with Gasteiger partial charge in [-0.25, -0.2) is 9.48 Å². The molecule has 0 radical (unpaired) electrons. The van der Waals surface area contributed by atoms with E-state index in [-0.39, 0.29) is 29.6 Å². The van der Waals surface area contributed by atoms with E-state index in [1.807, 2.05) is 31.5 Å². The normalized spacial score (nSPS) is 13.9. The number of urea groups is 1. The number of hydrogen-bond acceptors (Lipinski definition) is 3. The molecule has 0 bridgehead atoms. The lowest BCUT2D eigenvalue weighted by molar-refractivity contribution is 0.229. The van der Waals surface area contributed by atoms with Gasteiger partial charge < -0.3 is 10.4 Å². The van der Waals surface area contributed by atoms with E-state index in [0.29, 0.717) is 5.82 Å². The Bertz CT molecular complexity index is 495. The number of aliphatic hydroxyl groups excluding tert-OH is 1. The highest BCUT2D eigenvalue weighted by molar-refractivity contribution is 5.88. The van der Waals surface area contributed by atoms with E-state index in [4.69, 9.17) is 5.11 Å². The number of anilines is 1. The SMILES string of the molecule is C[C@@H](CO)NC(=O)Nc1cc(C(C)(C)C)nn1C(C)(C)C. The lowest BCUT2D eigenvalue weighted by atomic mass is 9.92. The second-order valence-corrected chi connectivity index (χ2v) is 7.43. The summed E-state index contributed by atoms with van der Waals surface area (Å²) in [5.74, 6) is 0.648. The van der Waals surface area contributed by atoms with Crippen molar-refractivity contribution >= 4 is 11.8 Å². The van der Waals surface area contributed by atoms with Gasteiger partial charge in [0.25, 0.3) is 0 Å². The third kappa shape index (κ3) is 4.74. The lowest BCUT2D eigenvalue weighted by Gasteiger charge is -2.23. The van der Waals surface area contributed by atoms with Crippen LogP contribution in [0.4, 0.5) is 10.6 Å². The quantitative estimate of drug-likeness (QED) is 0.801. The molecule has 0 aliphatic carbocycles. The molecule has 6 nitrogen and oxygen atoms in total. The minimum Gasteiger partial charge on any atom is -0.394 e. The van der Waals surface area contributed by atoms with Crippen molar-refractivity contribution in [2.75, 3.05) is 11.9 Å². The number of hydrogen-bond donors (Lipinski definition) is 3. The van der Waals surface area contributed by atoms with Crippen molar-refractivity contribution in [2.45, 2.75) is 65.5 Å². The summed E-state index contributed by atoms with van der Waals surface area (Å²) in [7, 11) is 0. The Morgan fingerprint density at radius 2 is 1.90 bits per heavy atom. The zero-order valence-electron chi connectivity index (χ0n) is 14.1. The topological polar surface area (TPSA) is 79.2 Å². The number of carbonyl (C=O) groups excluding carboxylic acids is 1. The van der Waals surface area contributed by atoms with Gasteiger partial charge >= 0.3 is 6.03 Å². The van der Waals surface area contributed by atoms with Gasteiger partial charge in [-0.3, -0.25) is 5.32 Å². The molecule has 2 amide bonds. The lowest BCUT2D eigenvalue weighted by Crippen LogP contribution is -2.39. The fraction of sp³-hybridized carbons (Fsp3) is 0.733. The highest BCUT2D eigenvalue weighted by atomic mass is 16.3. The number of nitrogens with one attached hydrogen (secondary N) is 2. The molecule has 1 rings (SSSR count). The van der Waals surface area contributed by atoms with E-state index >= 15 is 0 Å². The third-order valence-electron chi connectivity index (χ3n) is 3.01. The van der Waals surface area contributed by atoms with E-state index in [0.717, 1.165) is 5.69 Å². The maximum Gasteiger partial charge on any atom is 0.320 e. The Labute approximate surface area is 126 Å². The largest absolute Gasteiger partial charge is 0.394 e. The van der Waals surface area contributed by atoms with E-state index in [9.17, 15) is 4.79 Å². The van der Waals surface area contributed by atoms with Gasteiger partial charge in [-0.2, -0.15) is 5.10 Å². The Kier molecular flexibility index (Phi) is 5.04. The summed E-state index contributed by atoms with van der Waals surface area (Å²) < 4.78 is 1.82. The van der Waals surface area contributed by atoms with Gasteiger partial charge in [0.05, 0.1) is 23.9 Å². The van der Waals surface area contributed by atoms with Crippen LogP contribution in [0.3, 0.4) is 0 Å². The molecular formula is C15H28N4O2. The fourth-order valence-corrected chi connectivity index (χ4v) is 1.77. The number of amides is 2. The van der Waals surface area contributed by atoms with Crippen molar-refractivity contribution in [1.82, 2.24) is 15.1 Å². The number of aromatic nitrogens is 2. The van der Waals surface area contributed by atoms with Crippen LogP contribution in [-0.4, -0.2) is 33.6 Å². The zero-order chi connectivity index (χ0) is 16.4. The molecule has 1 aromatic heterocycles. The smallest absolute Gasteiger partial charge is 0.320 e. The highest BCUT2D eigenvalue weighted by Gasteiger charge is 2.25. The molecule has 0 unspecified atom stereocenters. The zero-order valence-corrected chi connectivity index (χ0v) is 14.1. The van der Waals surface area contributed by atoms with Crippen molar-refractivity contribution in [1.29, 1.82) is 0 Å². The van der Waals surface area contributed by atoms with Crippen LogP contribution in [-0.2, 0) is 11.0 Å². The Balaban J connectivity index is 3.05. The number of carbonyl (C=O) groups is 1. The van der Waals surface area contributed by atoms with Crippen LogP contribution in [0.1, 0.15) is 54.2 Å². The monoisotopic (exact) mass is 296 g/mol. The Hall–Kier alpha value is -1.56. The van der Waals surface area contributed by atoms with Crippen LogP contribution in [0.25, 0.3) is 0 Å². The number of aliphatic hydroxyl groups is 1. The van der Waals surface area contributed by atoms with Gasteiger partial charge in [-0.15, -0.1) is 0 Å². The molecule has 0 aliphatic heterocycles. The van der Waals surface area contributed by atoms with Crippen LogP contribution in [0.5, 0.6) is 0 Å². The van der Waals surface area contributed by atoms with Crippen molar-refractivity contribution in [3.63, 3.8) is 0 Å². The summed E-state index contributed by atoms with van der Waals surface area (Å²) in [5.41, 5.74) is 0.583. The molecular weight excluding hydrogens is 268 g/mol. The first-order valence-corrected chi connectivity index (χ1v) is 7.24. The van der Waals surface area contributed by atoms with Crippen LogP contribution in [0.15, 0.2) is 6.07 Å². The van der Waals surface area contributed by atoms with Crippen LogP contribution >= 0.6 is 0 Å². The molecule has 0 saturated carbocycles. The molecule has 3 N–H and O–H groups in total. The summed E-state index contributed by atoms with van der Waals surface area (Å²) in [6, 6.07) is 1.26. The van der Waals surface area contributed by atoms with Gasteiger partial charge in [0.15, 0.2) is 0 Å². The molecule has 0 aromatic carbocycles. The summed E-state index contributed by atoms with van der Waals surface area (Å²) in [5, 5.41) is 19.1. The van der Waals surface area contributed by atoms with Crippen LogP contribution in [0.2, 0.25) is 0 Å². The first-order chi connectivity index (χ1) is 9.45. The molecule has 0 fully saturated rings. The molecule has 0 spiro atoms.